The third-order valence-electron chi connectivity index (χ3n) is 2.03. The quantitative estimate of drug-likeness (QED) is 0.751. The van der Waals surface area contributed by atoms with Crippen molar-refractivity contribution in [2.24, 2.45) is 0 Å². The summed E-state index contributed by atoms with van der Waals surface area (Å²) in [6, 6.07) is 5.37. The average Bonchev–Trinajstić information content (AvgIpc) is 2.82. The topological polar surface area (TPSA) is 83.9 Å². The van der Waals surface area contributed by atoms with Crippen LogP contribution in [0, 0.1) is 0 Å². The predicted molar refractivity (Wildman–Crippen MR) is 55.8 cm³/mol. The third-order valence-corrected chi connectivity index (χ3v) is 2.03. The van der Waals surface area contributed by atoms with Gasteiger partial charge in [0.1, 0.15) is 6.10 Å². The van der Waals surface area contributed by atoms with Crippen molar-refractivity contribution in [2.45, 2.75) is 12.5 Å². The van der Waals surface area contributed by atoms with E-state index in [9.17, 15) is 5.11 Å². The molecule has 0 fully saturated rings. The lowest BCUT2D eigenvalue weighted by Gasteiger charge is -2.14. The van der Waals surface area contributed by atoms with Crippen LogP contribution in [0.2, 0.25) is 0 Å². The van der Waals surface area contributed by atoms with Crippen molar-refractivity contribution in [3.63, 3.8) is 0 Å². The lowest BCUT2D eigenvalue weighted by Crippen LogP contribution is -2.24. The summed E-state index contributed by atoms with van der Waals surface area (Å²) in [4.78, 5) is 4.02. The van der Waals surface area contributed by atoms with Gasteiger partial charge >= 0.3 is 0 Å². The molecule has 0 aromatic carbocycles. The van der Waals surface area contributed by atoms with E-state index in [4.69, 9.17) is 4.74 Å². The van der Waals surface area contributed by atoms with Crippen LogP contribution in [0.25, 0.3) is 0 Å². The van der Waals surface area contributed by atoms with Gasteiger partial charge in [-0.3, -0.25) is 5.10 Å². The van der Waals surface area contributed by atoms with Crippen LogP contribution in [-0.4, -0.2) is 38.2 Å². The first-order chi connectivity index (χ1) is 7.88. The zero-order valence-electron chi connectivity index (χ0n) is 8.58. The van der Waals surface area contributed by atoms with Gasteiger partial charge in [0.25, 0.3) is 0 Å². The van der Waals surface area contributed by atoms with Crippen molar-refractivity contribution in [3.05, 3.63) is 36.3 Å². The maximum absolute atomic E-state index is 9.17. The number of hydrogen-bond acceptors (Lipinski definition) is 5. The number of rotatable bonds is 5. The van der Waals surface area contributed by atoms with Crippen molar-refractivity contribution in [3.8, 4) is 5.88 Å². The van der Waals surface area contributed by atoms with Gasteiger partial charge in [0.05, 0.1) is 12.3 Å². The first kappa shape index (κ1) is 10.6. The van der Waals surface area contributed by atoms with Crippen LogP contribution in [0.3, 0.4) is 0 Å². The molecule has 0 aliphatic heterocycles. The second kappa shape index (κ2) is 5.22. The molecule has 1 unspecified atom stereocenters. The molecular formula is C10H12N4O2. The van der Waals surface area contributed by atoms with Crippen molar-refractivity contribution in [1.82, 2.24) is 20.4 Å². The van der Waals surface area contributed by atoms with E-state index in [0.29, 0.717) is 12.3 Å². The molecule has 2 N–H and O–H groups in total. The summed E-state index contributed by atoms with van der Waals surface area (Å²) in [5.41, 5.74) is 0.745. The highest BCUT2D eigenvalue weighted by Gasteiger charge is 2.12. The van der Waals surface area contributed by atoms with Crippen molar-refractivity contribution < 1.29 is 9.84 Å². The molecule has 0 aliphatic carbocycles. The number of aliphatic hydroxyl groups excluding tert-OH is 1. The smallest absolute Gasteiger partial charge is 0.213 e. The number of pyridine rings is 1. The van der Waals surface area contributed by atoms with E-state index in [0.717, 1.165) is 5.69 Å². The molecule has 0 amide bonds. The van der Waals surface area contributed by atoms with Crippen LogP contribution in [0.1, 0.15) is 5.69 Å². The van der Waals surface area contributed by atoms with Crippen molar-refractivity contribution in [1.29, 1.82) is 0 Å². The lowest BCUT2D eigenvalue weighted by atomic mass is 10.2. The fourth-order valence-electron chi connectivity index (χ4n) is 1.29. The Hall–Kier alpha value is -1.95. The molecule has 2 rings (SSSR count). The summed E-state index contributed by atoms with van der Waals surface area (Å²) in [5.74, 6) is 0.491. The van der Waals surface area contributed by atoms with E-state index >= 15 is 0 Å². The Morgan fingerprint density at radius 3 is 3.00 bits per heavy atom. The zero-order valence-corrected chi connectivity index (χ0v) is 8.58. The monoisotopic (exact) mass is 220 g/mol. The zero-order chi connectivity index (χ0) is 11.2. The number of ether oxygens (including phenoxy) is 1. The summed E-state index contributed by atoms with van der Waals surface area (Å²) in [6.07, 6.45) is 3.44. The van der Waals surface area contributed by atoms with Gasteiger partial charge in [0, 0.05) is 24.9 Å². The maximum atomic E-state index is 9.17. The first-order valence-corrected chi connectivity index (χ1v) is 4.92. The van der Waals surface area contributed by atoms with Gasteiger partial charge in [-0.1, -0.05) is 11.3 Å². The normalized spacial score (nSPS) is 12.3. The number of nitrogens with zero attached hydrogens (tertiary/aromatic N) is 3. The lowest BCUT2D eigenvalue weighted by molar-refractivity contribution is 0.110. The summed E-state index contributed by atoms with van der Waals surface area (Å²) in [6.45, 7) is -0.0938. The van der Waals surface area contributed by atoms with Gasteiger partial charge in [0.2, 0.25) is 5.88 Å². The van der Waals surface area contributed by atoms with Crippen LogP contribution in [0.15, 0.2) is 30.6 Å². The molecule has 6 nitrogen and oxygen atoms in total. The Morgan fingerprint density at radius 2 is 2.38 bits per heavy atom. The number of aliphatic hydroxyl groups is 1. The summed E-state index contributed by atoms with van der Waals surface area (Å²) in [7, 11) is 0. The van der Waals surface area contributed by atoms with Crippen LogP contribution in [0.5, 0.6) is 5.88 Å². The van der Waals surface area contributed by atoms with Crippen molar-refractivity contribution in [2.75, 3.05) is 6.61 Å². The molecule has 0 radical (unpaired) electrons. The fraction of sp³-hybridized carbons (Fsp3) is 0.300. The minimum absolute atomic E-state index is 0.0938. The van der Waals surface area contributed by atoms with Gasteiger partial charge in [-0.15, -0.1) is 5.10 Å². The molecule has 16 heavy (non-hydrogen) atoms. The Bertz CT molecular complexity index is 404. The maximum Gasteiger partial charge on any atom is 0.213 e. The number of hydrogen-bond donors (Lipinski definition) is 2. The minimum atomic E-state index is -0.361. The standard InChI is InChI=1S/C10H12N4O2/c15-7-9(5-8-6-12-14-13-8)16-10-3-1-2-4-11-10/h1-4,6,9,15H,5,7H2,(H,12,13,14). The van der Waals surface area contributed by atoms with Gasteiger partial charge in [-0.25, -0.2) is 4.98 Å². The molecule has 6 heteroatoms. The van der Waals surface area contributed by atoms with Crippen molar-refractivity contribution >= 4 is 0 Å². The molecule has 2 aromatic rings. The van der Waals surface area contributed by atoms with Gasteiger partial charge in [-0.05, 0) is 6.07 Å². The molecule has 0 aliphatic rings. The summed E-state index contributed by atoms with van der Waals surface area (Å²) < 4.78 is 5.49. The van der Waals surface area contributed by atoms with E-state index in [1.807, 2.05) is 6.07 Å². The molecule has 0 bridgehead atoms. The van der Waals surface area contributed by atoms with Crippen LogP contribution in [-0.2, 0) is 6.42 Å². The average molecular weight is 220 g/mol. The SMILES string of the molecule is OCC(Cc1c[nH]nn1)Oc1ccccn1. The minimum Gasteiger partial charge on any atom is -0.471 e. The summed E-state index contributed by atoms with van der Waals surface area (Å²) >= 11 is 0. The van der Waals surface area contributed by atoms with Gasteiger partial charge < -0.3 is 9.84 Å². The Labute approximate surface area is 92.3 Å². The molecule has 2 aromatic heterocycles. The largest absolute Gasteiger partial charge is 0.471 e. The van der Waals surface area contributed by atoms with Crippen LogP contribution < -0.4 is 4.74 Å². The Morgan fingerprint density at radius 1 is 1.44 bits per heavy atom. The number of nitrogens with one attached hydrogen (secondary N) is 1. The number of aromatic amines is 1. The second-order valence-electron chi connectivity index (χ2n) is 3.26. The first-order valence-electron chi connectivity index (χ1n) is 4.92. The highest BCUT2D eigenvalue weighted by molar-refractivity contribution is 5.10. The highest BCUT2D eigenvalue weighted by atomic mass is 16.5. The van der Waals surface area contributed by atoms with Gasteiger partial charge in [0.15, 0.2) is 0 Å². The Kier molecular flexibility index (Phi) is 3.45. The van der Waals surface area contributed by atoms with Crippen LogP contribution in [0.4, 0.5) is 0 Å². The molecule has 0 spiro atoms. The van der Waals surface area contributed by atoms with E-state index < -0.39 is 0 Å². The highest BCUT2D eigenvalue weighted by Crippen LogP contribution is 2.09. The third kappa shape index (κ3) is 2.77. The van der Waals surface area contributed by atoms with Gasteiger partial charge in [-0.2, -0.15) is 0 Å². The van der Waals surface area contributed by atoms with Crippen LogP contribution >= 0.6 is 0 Å². The molecule has 2 heterocycles. The molecule has 84 valence electrons. The van der Waals surface area contributed by atoms with E-state index in [-0.39, 0.29) is 12.7 Å². The number of aromatic nitrogens is 4. The molecular weight excluding hydrogens is 208 g/mol. The molecule has 1 atom stereocenters. The fourth-order valence-corrected chi connectivity index (χ4v) is 1.29. The summed E-state index contributed by atoms with van der Waals surface area (Å²) in [5, 5.41) is 19.2. The van der Waals surface area contributed by atoms with E-state index in [1.54, 1.807) is 24.5 Å². The second-order valence-corrected chi connectivity index (χ2v) is 3.26. The van der Waals surface area contributed by atoms with E-state index in [1.165, 1.54) is 0 Å². The van der Waals surface area contributed by atoms with E-state index in [2.05, 4.69) is 20.4 Å². The molecule has 0 saturated carbocycles. The predicted octanol–water partition coefficient (Wildman–Crippen LogP) is 0.182. The Balaban J connectivity index is 1.96. The number of H-pyrrole nitrogens is 1. The molecule has 0 saturated heterocycles.